The number of anilines is 3. The fourth-order valence-electron chi connectivity index (χ4n) is 8.45. The summed E-state index contributed by atoms with van der Waals surface area (Å²) in [7, 11) is 0. The van der Waals surface area contributed by atoms with E-state index in [0.717, 1.165) is 55.8 Å². The number of nitrogens with zero attached hydrogens (tertiary/aromatic N) is 2. The van der Waals surface area contributed by atoms with E-state index in [2.05, 4.69) is 204 Å². The Hall–Kier alpha value is -7.36. The highest BCUT2D eigenvalue weighted by Crippen LogP contribution is 2.43. The summed E-state index contributed by atoms with van der Waals surface area (Å²) in [4.78, 5) is 2.38. The standard InChI is InChI=1S/C52H34N2O/c1-2-14-41-35(12-1)13-11-19-42(41)36-24-27-38(28-25-36)53(39-29-31-40(32-30-39)54-49-21-8-4-16-44(49)45-17-5-9-22-50(45)54)48-20-7-3-15-43(48)37-26-33-52-47(34-37)46-18-6-10-23-51(46)55-52/h1-34H. The Balaban J connectivity index is 1.08. The first kappa shape index (κ1) is 31.2. The summed E-state index contributed by atoms with van der Waals surface area (Å²) in [6.45, 7) is 0. The van der Waals surface area contributed by atoms with E-state index < -0.39 is 0 Å². The molecule has 0 fully saturated rings. The van der Waals surface area contributed by atoms with Crippen molar-refractivity contribution in [1.29, 1.82) is 0 Å². The maximum absolute atomic E-state index is 6.22. The number of furan rings is 1. The first-order valence-electron chi connectivity index (χ1n) is 18.8. The monoisotopic (exact) mass is 702 g/mol. The van der Waals surface area contributed by atoms with Crippen LogP contribution in [0.5, 0.6) is 0 Å². The molecular weight excluding hydrogens is 669 g/mol. The molecule has 11 aromatic rings. The van der Waals surface area contributed by atoms with Crippen molar-refractivity contribution in [2.45, 2.75) is 0 Å². The number of fused-ring (bicyclic) bond motifs is 7. The zero-order chi connectivity index (χ0) is 36.3. The first-order chi connectivity index (χ1) is 27.3. The molecule has 3 nitrogen and oxygen atoms in total. The van der Waals surface area contributed by atoms with Gasteiger partial charge in [0, 0.05) is 44.2 Å². The minimum atomic E-state index is 0.893. The summed E-state index contributed by atoms with van der Waals surface area (Å²) in [6.07, 6.45) is 0. The van der Waals surface area contributed by atoms with E-state index in [1.165, 1.54) is 43.7 Å². The van der Waals surface area contributed by atoms with E-state index >= 15 is 0 Å². The molecule has 0 atom stereocenters. The van der Waals surface area contributed by atoms with Crippen molar-refractivity contribution in [1.82, 2.24) is 4.57 Å². The van der Waals surface area contributed by atoms with Crippen LogP contribution in [0.15, 0.2) is 211 Å². The van der Waals surface area contributed by atoms with Crippen LogP contribution in [-0.4, -0.2) is 4.57 Å². The van der Waals surface area contributed by atoms with Crippen LogP contribution in [0.1, 0.15) is 0 Å². The zero-order valence-corrected chi connectivity index (χ0v) is 29.9. The third-order valence-electron chi connectivity index (χ3n) is 11.0. The molecule has 0 saturated heterocycles. The molecule has 2 aromatic heterocycles. The predicted octanol–water partition coefficient (Wildman–Crippen LogP) is 14.6. The Labute approximate surface area is 318 Å². The molecule has 0 bridgehead atoms. The fourth-order valence-corrected chi connectivity index (χ4v) is 8.45. The van der Waals surface area contributed by atoms with Crippen molar-refractivity contribution < 1.29 is 4.42 Å². The summed E-state index contributed by atoms with van der Waals surface area (Å²) >= 11 is 0. The van der Waals surface area contributed by atoms with E-state index in [9.17, 15) is 0 Å². The SMILES string of the molecule is c1ccc(N(c2ccc(-c3cccc4ccccc34)cc2)c2ccc(-n3c4ccccc4c4ccccc43)cc2)c(-c2ccc3oc4ccccc4c3c2)c1. The molecule has 258 valence electrons. The Kier molecular flexibility index (Phi) is 7.17. The lowest BCUT2D eigenvalue weighted by Gasteiger charge is -2.28. The summed E-state index contributed by atoms with van der Waals surface area (Å²) in [5.74, 6) is 0. The average molecular weight is 703 g/mol. The molecule has 3 heteroatoms. The Morgan fingerprint density at radius 2 is 0.909 bits per heavy atom. The van der Waals surface area contributed by atoms with Crippen LogP contribution in [0, 0.1) is 0 Å². The highest BCUT2D eigenvalue weighted by atomic mass is 16.3. The highest BCUT2D eigenvalue weighted by Gasteiger charge is 2.19. The van der Waals surface area contributed by atoms with Crippen LogP contribution in [0.4, 0.5) is 17.1 Å². The third kappa shape index (κ3) is 5.13. The van der Waals surface area contributed by atoms with Crippen LogP contribution in [0.25, 0.3) is 82.5 Å². The van der Waals surface area contributed by atoms with Gasteiger partial charge < -0.3 is 13.9 Å². The van der Waals surface area contributed by atoms with Gasteiger partial charge in [-0.05, 0) is 100 Å². The van der Waals surface area contributed by atoms with Crippen LogP contribution in [0.2, 0.25) is 0 Å². The molecular formula is C52H34N2O. The second-order valence-corrected chi connectivity index (χ2v) is 14.1. The first-order valence-corrected chi connectivity index (χ1v) is 18.8. The summed E-state index contributed by atoms with van der Waals surface area (Å²) in [5, 5.41) is 7.24. The van der Waals surface area contributed by atoms with Crippen LogP contribution < -0.4 is 4.90 Å². The Morgan fingerprint density at radius 3 is 1.67 bits per heavy atom. The van der Waals surface area contributed by atoms with Gasteiger partial charge in [0.15, 0.2) is 0 Å². The molecule has 0 aliphatic rings. The lowest BCUT2D eigenvalue weighted by Crippen LogP contribution is -2.11. The molecule has 0 unspecified atom stereocenters. The highest BCUT2D eigenvalue weighted by molar-refractivity contribution is 6.09. The van der Waals surface area contributed by atoms with Gasteiger partial charge in [-0.15, -0.1) is 0 Å². The van der Waals surface area contributed by atoms with Crippen molar-refractivity contribution in [3.63, 3.8) is 0 Å². The number of para-hydroxylation sites is 4. The number of hydrogen-bond donors (Lipinski definition) is 0. The molecule has 0 spiro atoms. The molecule has 0 saturated carbocycles. The minimum Gasteiger partial charge on any atom is -0.456 e. The van der Waals surface area contributed by atoms with Crippen molar-refractivity contribution >= 4 is 71.6 Å². The van der Waals surface area contributed by atoms with Gasteiger partial charge in [0.25, 0.3) is 0 Å². The zero-order valence-electron chi connectivity index (χ0n) is 29.9. The maximum Gasteiger partial charge on any atom is 0.135 e. The Morgan fingerprint density at radius 1 is 0.364 bits per heavy atom. The molecule has 55 heavy (non-hydrogen) atoms. The number of rotatable bonds is 6. The molecule has 0 amide bonds. The van der Waals surface area contributed by atoms with Crippen molar-refractivity contribution in [2.75, 3.05) is 4.90 Å². The van der Waals surface area contributed by atoms with Gasteiger partial charge in [-0.1, -0.05) is 133 Å². The molecule has 0 aliphatic heterocycles. The van der Waals surface area contributed by atoms with Gasteiger partial charge in [-0.3, -0.25) is 0 Å². The maximum atomic E-state index is 6.22. The fraction of sp³-hybridized carbons (Fsp3) is 0. The lowest BCUT2D eigenvalue weighted by molar-refractivity contribution is 0.669. The summed E-state index contributed by atoms with van der Waals surface area (Å²) in [6, 6.07) is 74.0. The largest absolute Gasteiger partial charge is 0.456 e. The summed E-state index contributed by atoms with van der Waals surface area (Å²) < 4.78 is 8.59. The van der Waals surface area contributed by atoms with Crippen molar-refractivity contribution in [3.05, 3.63) is 206 Å². The normalized spacial score (nSPS) is 11.6. The molecule has 11 rings (SSSR count). The van der Waals surface area contributed by atoms with Gasteiger partial charge in [-0.25, -0.2) is 0 Å². The van der Waals surface area contributed by atoms with Gasteiger partial charge in [0.05, 0.1) is 16.7 Å². The van der Waals surface area contributed by atoms with Crippen molar-refractivity contribution in [3.8, 4) is 27.9 Å². The molecule has 9 aromatic carbocycles. The molecule has 0 radical (unpaired) electrons. The number of aromatic nitrogens is 1. The number of hydrogen-bond acceptors (Lipinski definition) is 2. The quantitative estimate of drug-likeness (QED) is 0.172. The van der Waals surface area contributed by atoms with Gasteiger partial charge >= 0.3 is 0 Å². The molecule has 0 N–H and O–H groups in total. The van der Waals surface area contributed by atoms with Gasteiger partial charge in [0.1, 0.15) is 11.2 Å². The van der Waals surface area contributed by atoms with Crippen LogP contribution >= 0.6 is 0 Å². The van der Waals surface area contributed by atoms with E-state index in [1.807, 2.05) is 12.1 Å². The lowest BCUT2D eigenvalue weighted by atomic mass is 9.97. The average Bonchev–Trinajstić information content (AvgIpc) is 3.80. The van der Waals surface area contributed by atoms with E-state index in [0.29, 0.717) is 0 Å². The second kappa shape index (κ2) is 12.6. The smallest absolute Gasteiger partial charge is 0.135 e. The third-order valence-corrected chi connectivity index (χ3v) is 11.0. The Bertz CT molecular complexity index is 3150. The summed E-state index contributed by atoms with van der Waals surface area (Å²) in [5.41, 5.74) is 13.3. The van der Waals surface area contributed by atoms with Crippen molar-refractivity contribution in [2.24, 2.45) is 0 Å². The van der Waals surface area contributed by atoms with E-state index in [4.69, 9.17) is 4.42 Å². The molecule has 2 heterocycles. The van der Waals surface area contributed by atoms with E-state index in [-0.39, 0.29) is 0 Å². The van der Waals surface area contributed by atoms with Gasteiger partial charge in [-0.2, -0.15) is 0 Å². The van der Waals surface area contributed by atoms with E-state index in [1.54, 1.807) is 0 Å². The van der Waals surface area contributed by atoms with Gasteiger partial charge in [0.2, 0.25) is 0 Å². The minimum absolute atomic E-state index is 0.893. The van der Waals surface area contributed by atoms with Crippen LogP contribution in [0.3, 0.4) is 0 Å². The topological polar surface area (TPSA) is 21.3 Å². The molecule has 0 aliphatic carbocycles. The predicted molar refractivity (Wildman–Crippen MR) is 231 cm³/mol. The van der Waals surface area contributed by atoms with Crippen LogP contribution in [-0.2, 0) is 0 Å². The second-order valence-electron chi connectivity index (χ2n) is 14.1. The number of benzene rings is 9.